The van der Waals surface area contributed by atoms with Crippen molar-refractivity contribution in [3.05, 3.63) is 18.0 Å². The van der Waals surface area contributed by atoms with Gasteiger partial charge in [0.25, 0.3) is 0 Å². The van der Waals surface area contributed by atoms with Gasteiger partial charge in [-0.2, -0.15) is 0 Å². The molecule has 13 heavy (non-hydrogen) atoms. The van der Waals surface area contributed by atoms with Crippen LogP contribution in [0.1, 0.15) is 18.5 Å². The monoisotopic (exact) mass is 197 g/mol. The van der Waals surface area contributed by atoms with Crippen molar-refractivity contribution in [1.82, 2.24) is 9.97 Å². The largest absolute Gasteiger partial charge is 0.348 e. The molecule has 0 atom stereocenters. The first kappa shape index (κ1) is 8.75. The number of anilines is 1. The molecule has 3 nitrogen and oxygen atoms in total. The third-order valence-electron chi connectivity index (χ3n) is 2.28. The standard InChI is InChI=1S/C9H12ClN3/c1-7-2-5-11-8(12-7)13-9(6-10)3-4-9/h2,5H,3-4,6H2,1H3,(H,11,12,13). The average molecular weight is 198 g/mol. The van der Waals surface area contributed by atoms with E-state index in [2.05, 4.69) is 15.3 Å². The highest BCUT2D eigenvalue weighted by atomic mass is 35.5. The molecule has 0 aliphatic heterocycles. The Kier molecular flexibility index (Phi) is 2.12. The molecule has 0 saturated heterocycles. The van der Waals surface area contributed by atoms with Crippen molar-refractivity contribution in [2.75, 3.05) is 11.2 Å². The highest BCUT2D eigenvalue weighted by Crippen LogP contribution is 2.38. The molecule has 70 valence electrons. The molecule has 1 aromatic rings. The summed E-state index contributed by atoms with van der Waals surface area (Å²) in [6, 6.07) is 1.88. The molecule has 1 saturated carbocycles. The van der Waals surface area contributed by atoms with E-state index in [1.807, 2.05) is 13.0 Å². The molecule has 1 heterocycles. The maximum absolute atomic E-state index is 5.83. The average Bonchev–Trinajstić information content (AvgIpc) is 2.86. The van der Waals surface area contributed by atoms with E-state index in [9.17, 15) is 0 Å². The first-order valence-corrected chi connectivity index (χ1v) is 4.91. The second kappa shape index (κ2) is 3.14. The van der Waals surface area contributed by atoms with Crippen LogP contribution >= 0.6 is 11.6 Å². The molecular formula is C9H12ClN3. The van der Waals surface area contributed by atoms with Gasteiger partial charge in [0.15, 0.2) is 0 Å². The zero-order valence-electron chi connectivity index (χ0n) is 7.55. The lowest BCUT2D eigenvalue weighted by Gasteiger charge is -2.13. The lowest BCUT2D eigenvalue weighted by molar-refractivity contribution is 0.815. The van der Waals surface area contributed by atoms with Gasteiger partial charge >= 0.3 is 0 Å². The van der Waals surface area contributed by atoms with Crippen molar-refractivity contribution in [3.8, 4) is 0 Å². The predicted octanol–water partition coefficient (Wildman–Crippen LogP) is 1.97. The Balaban J connectivity index is 2.09. The quantitative estimate of drug-likeness (QED) is 0.753. The number of nitrogens with zero attached hydrogens (tertiary/aromatic N) is 2. The molecule has 1 aliphatic carbocycles. The van der Waals surface area contributed by atoms with Crippen LogP contribution in [-0.4, -0.2) is 21.4 Å². The van der Waals surface area contributed by atoms with E-state index in [1.165, 1.54) is 0 Å². The summed E-state index contributed by atoms with van der Waals surface area (Å²) in [5, 5.41) is 3.27. The minimum atomic E-state index is 0.0787. The van der Waals surface area contributed by atoms with E-state index in [0.29, 0.717) is 11.8 Å². The second-order valence-corrected chi connectivity index (χ2v) is 3.83. The van der Waals surface area contributed by atoms with Gasteiger partial charge in [-0.15, -0.1) is 11.6 Å². The summed E-state index contributed by atoms with van der Waals surface area (Å²) in [5.74, 6) is 1.32. The number of aryl methyl sites for hydroxylation is 1. The second-order valence-electron chi connectivity index (χ2n) is 3.56. The van der Waals surface area contributed by atoms with Crippen molar-refractivity contribution >= 4 is 17.5 Å². The van der Waals surface area contributed by atoms with Crippen molar-refractivity contribution in [1.29, 1.82) is 0 Å². The third kappa shape index (κ3) is 1.91. The van der Waals surface area contributed by atoms with Crippen LogP contribution in [0.4, 0.5) is 5.95 Å². The number of hydrogen-bond acceptors (Lipinski definition) is 3. The van der Waals surface area contributed by atoms with Crippen molar-refractivity contribution < 1.29 is 0 Å². The molecule has 0 aromatic carbocycles. The lowest BCUT2D eigenvalue weighted by atomic mass is 10.3. The van der Waals surface area contributed by atoms with Crippen LogP contribution in [0.5, 0.6) is 0 Å². The minimum Gasteiger partial charge on any atom is -0.348 e. The SMILES string of the molecule is Cc1ccnc(NC2(CCl)CC2)n1. The summed E-state index contributed by atoms with van der Waals surface area (Å²) in [7, 11) is 0. The molecule has 0 bridgehead atoms. The predicted molar refractivity (Wildman–Crippen MR) is 53.1 cm³/mol. The first-order chi connectivity index (χ1) is 6.24. The Morgan fingerprint density at radius 3 is 2.92 bits per heavy atom. The maximum atomic E-state index is 5.83. The van der Waals surface area contributed by atoms with Crippen LogP contribution in [0.2, 0.25) is 0 Å². The topological polar surface area (TPSA) is 37.8 Å². The van der Waals surface area contributed by atoms with Gasteiger partial charge in [-0.3, -0.25) is 0 Å². The highest BCUT2D eigenvalue weighted by molar-refractivity contribution is 6.19. The molecule has 1 fully saturated rings. The summed E-state index contributed by atoms with van der Waals surface area (Å²) in [4.78, 5) is 8.40. The molecule has 0 radical (unpaired) electrons. The Morgan fingerprint density at radius 1 is 1.62 bits per heavy atom. The van der Waals surface area contributed by atoms with Crippen LogP contribution in [0.25, 0.3) is 0 Å². The van der Waals surface area contributed by atoms with E-state index in [-0.39, 0.29) is 5.54 Å². The number of rotatable bonds is 3. The minimum absolute atomic E-state index is 0.0787. The normalized spacial score (nSPS) is 18.3. The molecule has 1 aromatic heterocycles. The fourth-order valence-corrected chi connectivity index (χ4v) is 1.52. The summed E-state index contributed by atoms with van der Waals surface area (Å²) < 4.78 is 0. The Morgan fingerprint density at radius 2 is 2.38 bits per heavy atom. The third-order valence-corrected chi connectivity index (χ3v) is 2.79. The van der Waals surface area contributed by atoms with E-state index in [4.69, 9.17) is 11.6 Å². The van der Waals surface area contributed by atoms with E-state index < -0.39 is 0 Å². The van der Waals surface area contributed by atoms with Crippen molar-refractivity contribution in [3.63, 3.8) is 0 Å². The van der Waals surface area contributed by atoms with Gasteiger partial charge in [0.1, 0.15) is 0 Å². The van der Waals surface area contributed by atoms with Crippen LogP contribution in [-0.2, 0) is 0 Å². The van der Waals surface area contributed by atoms with Gasteiger partial charge in [0.2, 0.25) is 5.95 Å². The molecule has 4 heteroatoms. The number of nitrogens with one attached hydrogen (secondary N) is 1. The number of hydrogen-bond donors (Lipinski definition) is 1. The van der Waals surface area contributed by atoms with Crippen molar-refractivity contribution in [2.24, 2.45) is 0 Å². The van der Waals surface area contributed by atoms with Gasteiger partial charge in [0, 0.05) is 17.8 Å². The van der Waals surface area contributed by atoms with Crippen LogP contribution in [0, 0.1) is 6.92 Å². The van der Waals surface area contributed by atoms with Crippen LogP contribution in [0.15, 0.2) is 12.3 Å². The van der Waals surface area contributed by atoms with Gasteiger partial charge < -0.3 is 5.32 Å². The summed E-state index contributed by atoms with van der Waals surface area (Å²) in [6.45, 7) is 1.95. The van der Waals surface area contributed by atoms with Gasteiger partial charge in [-0.1, -0.05) is 0 Å². The molecule has 1 aliphatic rings. The van der Waals surface area contributed by atoms with E-state index in [0.717, 1.165) is 18.5 Å². The Hall–Kier alpha value is -0.830. The van der Waals surface area contributed by atoms with Crippen molar-refractivity contribution in [2.45, 2.75) is 25.3 Å². The number of aromatic nitrogens is 2. The smallest absolute Gasteiger partial charge is 0.223 e. The molecule has 2 rings (SSSR count). The number of halogens is 1. The van der Waals surface area contributed by atoms with E-state index in [1.54, 1.807) is 6.20 Å². The molecule has 0 amide bonds. The summed E-state index contributed by atoms with van der Waals surface area (Å²) >= 11 is 5.83. The van der Waals surface area contributed by atoms with E-state index >= 15 is 0 Å². The molecule has 1 N–H and O–H groups in total. The lowest BCUT2D eigenvalue weighted by Crippen LogP contribution is -2.24. The highest BCUT2D eigenvalue weighted by Gasteiger charge is 2.42. The molecule has 0 unspecified atom stereocenters. The maximum Gasteiger partial charge on any atom is 0.223 e. The van der Waals surface area contributed by atoms with Crippen LogP contribution in [0.3, 0.4) is 0 Å². The van der Waals surface area contributed by atoms with Gasteiger partial charge in [0.05, 0.1) is 5.54 Å². The first-order valence-electron chi connectivity index (χ1n) is 4.38. The fraction of sp³-hybridized carbons (Fsp3) is 0.556. The molecular weight excluding hydrogens is 186 g/mol. The molecule has 0 spiro atoms. The van der Waals surface area contributed by atoms with Crippen LogP contribution < -0.4 is 5.32 Å². The summed E-state index contributed by atoms with van der Waals surface area (Å²) in [5.41, 5.74) is 1.05. The zero-order chi connectivity index (χ0) is 9.31. The summed E-state index contributed by atoms with van der Waals surface area (Å²) in [6.07, 6.45) is 4.00. The zero-order valence-corrected chi connectivity index (χ0v) is 8.30. The Labute approximate surface area is 82.5 Å². The number of alkyl halides is 1. The fourth-order valence-electron chi connectivity index (χ4n) is 1.19. The Bertz CT molecular complexity index is 309. The van der Waals surface area contributed by atoms with Gasteiger partial charge in [-0.05, 0) is 25.8 Å². The van der Waals surface area contributed by atoms with Gasteiger partial charge in [-0.25, -0.2) is 9.97 Å².